The first kappa shape index (κ1) is 20.7. The molecule has 28 heavy (non-hydrogen) atoms. The summed E-state index contributed by atoms with van der Waals surface area (Å²) in [6, 6.07) is 1.61. The molecule has 1 aromatic carbocycles. The lowest BCUT2D eigenvalue weighted by molar-refractivity contribution is -0.396. The molecule has 0 spiro atoms. The molecule has 1 amide bonds. The van der Waals surface area contributed by atoms with Crippen LogP contribution in [-0.2, 0) is 11.3 Å². The summed E-state index contributed by atoms with van der Waals surface area (Å²) in [5.74, 6) is -2.06. The number of benzene rings is 1. The van der Waals surface area contributed by atoms with Gasteiger partial charge in [-0.05, 0) is 29.1 Å². The van der Waals surface area contributed by atoms with Crippen molar-refractivity contribution in [1.82, 2.24) is 25.5 Å². The van der Waals surface area contributed by atoms with Crippen LogP contribution in [0.5, 0.6) is 0 Å². The van der Waals surface area contributed by atoms with Crippen LogP contribution in [0.4, 0.5) is 11.4 Å². The zero-order chi connectivity index (χ0) is 20.8. The van der Waals surface area contributed by atoms with Crippen LogP contribution >= 0.6 is 11.8 Å². The van der Waals surface area contributed by atoms with E-state index in [2.05, 4.69) is 20.8 Å². The van der Waals surface area contributed by atoms with Crippen LogP contribution < -0.4 is 5.32 Å². The molecule has 14 nitrogen and oxygen atoms in total. The lowest BCUT2D eigenvalue weighted by Crippen LogP contribution is -2.26. The number of hydrogen-bond acceptors (Lipinski definition) is 10. The first-order chi connectivity index (χ1) is 13.2. The SMILES string of the molecule is CCn1nnnc1Sc1c(C(=O)NCCC(=O)O)cc([N+](=O)[O-])cc1[N+](=O)[O-]. The number of carboxylic acid groups (broad SMARTS) is 1. The van der Waals surface area contributed by atoms with Crippen LogP contribution in [-0.4, -0.2) is 53.6 Å². The Kier molecular flexibility index (Phi) is 6.54. The molecule has 2 rings (SSSR count). The molecule has 15 heteroatoms. The number of nitrogens with zero attached hydrogens (tertiary/aromatic N) is 6. The quantitative estimate of drug-likeness (QED) is 0.438. The Hall–Kier alpha value is -3.62. The number of amides is 1. The molecule has 0 atom stereocenters. The van der Waals surface area contributed by atoms with Gasteiger partial charge in [0.05, 0.1) is 27.9 Å². The number of carboxylic acids is 1. The molecule has 0 fully saturated rings. The summed E-state index contributed by atoms with van der Waals surface area (Å²) in [6.45, 7) is 1.81. The van der Waals surface area contributed by atoms with E-state index < -0.39 is 33.1 Å². The minimum absolute atomic E-state index is 0.138. The number of carbonyl (C=O) groups is 2. The summed E-state index contributed by atoms with van der Waals surface area (Å²) in [6.07, 6.45) is -0.390. The number of nitro benzene ring substituents is 2. The van der Waals surface area contributed by atoms with E-state index in [0.717, 1.165) is 12.1 Å². The average Bonchev–Trinajstić information content (AvgIpc) is 3.08. The van der Waals surface area contributed by atoms with E-state index >= 15 is 0 Å². The highest BCUT2D eigenvalue weighted by Crippen LogP contribution is 2.39. The molecule has 148 valence electrons. The molecule has 0 aliphatic rings. The Morgan fingerprint density at radius 3 is 2.57 bits per heavy atom. The van der Waals surface area contributed by atoms with Crippen LogP contribution in [0.3, 0.4) is 0 Å². The highest BCUT2D eigenvalue weighted by Gasteiger charge is 2.29. The normalized spacial score (nSPS) is 10.5. The second-order valence-corrected chi connectivity index (χ2v) is 6.11. The third kappa shape index (κ3) is 4.76. The fraction of sp³-hybridized carbons (Fsp3) is 0.308. The Bertz CT molecular complexity index is 945. The van der Waals surface area contributed by atoms with Crippen molar-refractivity contribution in [3.63, 3.8) is 0 Å². The predicted octanol–water partition coefficient (Wildman–Crippen LogP) is 0.865. The van der Waals surface area contributed by atoms with Crippen molar-refractivity contribution in [3.8, 4) is 0 Å². The van der Waals surface area contributed by atoms with Gasteiger partial charge >= 0.3 is 5.97 Å². The van der Waals surface area contributed by atoms with Gasteiger partial charge in [0.25, 0.3) is 17.3 Å². The van der Waals surface area contributed by atoms with Gasteiger partial charge in [-0.1, -0.05) is 0 Å². The number of hydrogen-bond donors (Lipinski definition) is 2. The van der Waals surface area contributed by atoms with Crippen LogP contribution in [0, 0.1) is 20.2 Å². The van der Waals surface area contributed by atoms with Gasteiger partial charge < -0.3 is 10.4 Å². The molecule has 2 aromatic rings. The summed E-state index contributed by atoms with van der Waals surface area (Å²) in [5.41, 5.74) is -1.69. The second-order valence-electron chi connectivity index (χ2n) is 5.13. The number of aliphatic carboxylic acids is 1. The largest absolute Gasteiger partial charge is 0.481 e. The van der Waals surface area contributed by atoms with Crippen molar-refractivity contribution in [3.05, 3.63) is 37.9 Å². The van der Waals surface area contributed by atoms with Gasteiger partial charge in [0.15, 0.2) is 0 Å². The van der Waals surface area contributed by atoms with Gasteiger partial charge in [-0.25, -0.2) is 4.68 Å². The van der Waals surface area contributed by atoms with Crippen molar-refractivity contribution >= 4 is 35.0 Å². The number of nitro groups is 2. The van der Waals surface area contributed by atoms with Crippen molar-refractivity contribution in [2.75, 3.05) is 6.54 Å². The average molecular weight is 411 g/mol. The van der Waals surface area contributed by atoms with E-state index in [0.29, 0.717) is 18.3 Å². The van der Waals surface area contributed by atoms with E-state index in [-0.39, 0.29) is 28.6 Å². The maximum atomic E-state index is 12.5. The van der Waals surface area contributed by atoms with Gasteiger partial charge in [0.1, 0.15) is 4.90 Å². The van der Waals surface area contributed by atoms with Crippen LogP contribution in [0.15, 0.2) is 22.2 Å². The Balaban J connectivity index is 2.54. The van der Waals surface area contributed by atoms with E-state index in [1.807, 2.05) is 0 Å². The minimum atomic E-state index is -1.16. The molecular weight excluding hydrogens is 398 g/mol. The number of nitrogens with one attached hydrogen (secondary N) is 1. The first-order valence-electron chi connectivity index (χ1n) is 7.65. The second kappa shape index (κ2) is 8.85. The lowest BCUT2D eigenvalue weighted by Gasteiger charge is -2.10. The van der Waals surface area contributed by atoms with Gasteiger partial charge in [-0.15, -0.1) is 5.10 Å². The van der Waals surface area contributed by atoms with Crippen molar-refractivity contribution < 1.29 is 24.5 Å². The Labute approximate surface area is 160 Å². The molecule has 1 aromatic heterocycles. The lowest BCUT2D eigenvalue weighted by atomic mass is 10.1. The highest BCUT2D eigenvalue weighted by molar-refractivity contribution is 7.99. The van der Waals surface area contributed by atoms with Gasteiger partial charge in [-0.3, -0.25) is 29.8 Å². The molecule has 0 unspecified atom stereocenters. The zero-order valence-corrected chi connectivity index (χ0v) is 15.1. The minimum Gasteiger partial charge on any atom is -0.481 e. The smallest absolute Gasteiger partial charge is 0.305 e. The summed E-state index contributed by atoms with van der Waals surface area (Å²) >= 11 is 0.701. The van der Waals surface area contributed by atoms with E-state index in [1.165, 1.54) is 4.68 Å². The standard InChI is InChI=1S/C13H13N7O7S/c1-2-18-13(15-16-17-18)28-11-8(12(23)14-4-3-10(21)22)5-7(19(24)25)6-9(11)20(26)27/h5-6H,2-4H2,1H3,(H,14,23)(H,21,22). The molecule has 2 N–H and O–H groups in total. The Morgan fingerprint density at radius 1 is 1.29 bits per heavy atom. The number of aryl methyl sites for hydroxylation is 1. The zero-order valence-electron chi connectivity index (χ0n) is 14.3. The number of rotatable bonds is 9. The molecule has 1 heterocycles. The summed E-state index contributed by atoms with van der Waals surface area (Å²) in [7, 11) is 0. The van der Waals surface area contributed by atoms with Crippen molar-refractivity contribution in [2.24, 2.45) is 0 Å². The van der Waals surface area contributed by atoms with Crippen LogP contribution in [0.25, 0.3) is 0 Å². The molecule has 0 aliphatic heterocycles. The monoisotopic (exact) mass is 411 g/mol. The maximum Gasteiger partial charge on any atom is 0.305 e. The summed E-state index contributed by atoms with van der Waals surface area (Å²) in [5, 5.41) is 44.5. The molecule has 0 aliphatic carbocycles. The fourth-order valence-electron chi connectivity index (χ4n) is 2.05. The predicted molar refractivity (Wildman–Crippen MR) is 92.0 cm³/mol. The third-order valence-corrected chi connectivity index (χ3v) is 4.43. The van der Waals surface area contributed by atoms with E-state index in [1.54, 1.807) is 6.92 Å². The van der Waals surface area contributed by atoms with Crippen LogP contribution in [0.1, 0.15) is 23.7 Å². The third-order valence-electron chi connectivity index (χ3n) is 3.32. The topological polar surface area (TPSA) is 196 Å². The Morgan fingerprint density at radius 2 is 2.00 bits per heavy atom. The van der Waals surface area contributed by atoms with Crippen LogP contribution in [0.2, 0.25) is 0 Å². The molecule has 0 bridgehead atoms. The number of aromatic nitrogens is 4. The maximum absolute atomic E-state index is 12.5. The molecule has 0 saturated heterocycles. The summed E-state index contributed by atoms with van der Waals surface area (Å²) in [4.78, 5) is 43.7. The van der Waals surface area contributed by atoms with Crippen molar-refractivity contribution in [2.45, 2.75) is 29.9 Å². The van der Waals surface area contributed by atoms with E-state index in [9.17, 15) is 29.8 Å². The fourth-order valence-corrected chi connectivity index (χ4v) is 3.08. The molecule has 0 radical (unpaired) electrons. The van der Waals surface area contributed by atoms with Gasteiger partial charge in [0.2, 0.25) is 5.16 Å². The first-order valence-corrected chi connectivity index (χ1v) is 8.47. The number of tetrazole rings is 1. The highest BCUT2D eigenvalue weighted by atomic mass is 32.2. The number of non-ortho nitro benzene ring substituents is 1. The van der Waals surface area contributed by atoms with Gasteiger partial charge in [0, 0.05) is 19.2 Å². The summed E-state index contributed by atoms with van der Waals surface area (Å²) < 4.78 is 1.32. The van der Waals surface area contributed by atoms with Gasteiger partial charge in [-0.2, -0.15) is 0 Å². The molecule has 0 saturated carbocycles. The van der Waals surface area contributed by atoms with E-state index in [4.69, 9.17) is 5.11 Å². The van der Waals surface area contributed by atoms with Crippen molar-refractivity contribution in [1.29, 1.82) is 0 Å². The number of carbonyl (C=O) groups excluding carboxylic acids is 1. The molecular formula is C13H13N7O7S.